The van der Waals surface area contributed by atoms with Crippen LogP contribution in [0.15, 0.2) is 71.9 Å². The zero-order valence-corrected chi connectivity index (χ0v) is 26.1. The van der Waals surface area contributed by atoms with E-state index in [2.05, 4.69) is 20.6 Å². The van der Waals surface area contributed by atoms with E-state index in [1.807, 2.05) is 29.2 Å². The summed E-state index contributed by atoms with van der Waals surface area (Å²) in [5.41, 5.74) is 1.33. The lowest BCUT2D eigenvalue weighted by atomic mass is 9.91. The van der Waals surface area contributed by atoms with Gasteiger partial charge < -0.3 is 34.8 Å². The number of benzene rings is 2. The molecule has 2 fully saturated rings. The van der Waals surface area contributed by atoms with Gasteiger partial charge in [0.15, 0.2) is 6.04 Å². The van der Waals surface area contributed by atoms with Crippen LogP contribution in [0, 0.1) is 5.82 Å². The standard InChI is InChI=1S/C33H35F4N7O4/c1-47-24-11-8-21(9-12-24)22-5-4-14-44(20-22)32-41-29(33(35,36)37)28(48-32)30(45)39-23-10-13-27(38-19-23)42-15-17-43(18-16-42)31(46)40-26-7-3-2-6-25(26)34/h2-3,6-13,19,22,28-29H,4-5,14-18,20H2,1H3,(H,39,45)(H,40,46). The van der Waals surface area contributed by atoms with Gasteiger partial charge >= 0.3 is 12.2 Å². The summed E-state index contributed by atoms with van der Waals surface area (Å²) < 4.78 is 66.9. The first kappa shape index (κ1) is 32.8. The van der Waals surface area contributed by atoms with E-state index in [1.54, 1.807) is 35.1 Å². The molecule has 1 aromatic heterocycles. The number of pyridine rings is 1. The van der Waals surface area contributed by atoms with Gasteiger partial charge in [0, 0.05) is 45.2 Å². The van der Waals surface area contributed by atoms with Gasteiger partial charge in [-0.3, -0.25) is 4.79 Å². The molecule has 11 nitrogen and oxygen atoms in total. The number of carbonyl (C=O) groups excluding carboxylic acids is 2. The van der Waals surface area contributed by atoms with Gasteiger partial charge in [0.05, 0.1) is 24.7 Å². The van der Waals surface area contributed by atoms with Gasteiger partial charge in [0.2, 0.25) is 6.10 Å². The summed E-state index contributed by atoms with van der Waals surface area (Å²) in [5.74, 6) is -0.178. The van der Waals surface area contributed by atoms with Crippen LogP contribution in [0.1, 0.15) is 24.3 Å². The monoisotopic (exact) mass is 669 g/mol. The number of piperidine rings is 1. The third kappa shape index (κ3) is 7.39. The Kier molecular flexibility index (Phi) is 9.55. The number of anilines is 3. The van der Waals surface area contributed by atoms with Gasteiger partial charge in [0.25, 0.3) is 11.9 Å². The molecular formula is C33H35F4N7O4. The Morgan fingerprint density at radius 3 is 2.35 bits per heavy atom. The molecule has 0 aliphatic carbocycles. The maximum atomic E-state index is 14.1. The molecule has 3 aromatic rings. The molecule has 0 saturated carbocycles. The summed E-state index contributed by atoms with van der Waals surface area (Å²) >= 11 is 0. The van der Waals surface area contributed by atoms with Gasteiger partial charge in [-0.15, -0.1) is 0 Å². The van der Waals surface area contributed by atoms with Crippen LogP contribution < -0.4 is 20.3 Å². The number of rotatable bonds is 6. The molecule has 2 N–H and O–H groups in total. The highest BCUT2D eigenvalue weighted by Crippen LogP contribution is 2.35. The highest BCUT2D eigenvalue weighted by atomic mass is 19.4. The largest absolute Gasteiger partial charge is 0.497 e. The number of urea groups is 1. The van der Waals surface area contributed by atoms with Crippen molar-refractivity contribution in [2.24, 2.45) is 4.99 Å². The number of piperazine rings is 1. The molecule has 0 bridgehead atoms. The van der Waals surface area contributed by atoms with Gasteiger partial charge in [-0.2, -0.15) is 13.2 Å². The lowest BCUT2D eigenvalue weighted by Crippen LogP contribution is -2.50. The maximum absolute atomic E-state index is 14.1. The molecule has 3 amide bonds. The maximum Gasteiger partial charge on any atom is 0.415 e. The van der Waals surface area contributed by atoms with Crippen molar-refractivity contribution in [2.45, 2.75) is 37.1 Å². The third-order valence-corrected chi connectivity index (χ3v) is 8.66. The topological polar surface area (TPSA) is 112 Å². The number of nitrogens with zero attached hydrogens (tertiary/aromatic N) is 5. The second kappa shape index (κ2) is 14.0. The summed E-state index contributed by atoms with van der Waals surface area (Å²) in [5, 5.41) is 5.07. The fourth-order valence-corrected chi connectivity index (χ4v) is 6.05. The zero-order valence-electron chi connectivity index (χ0n) is 26.1. The molecule has 48 heavy (non-hydrogen) atoms. The van der Waals surface area contributed by atoms with Crippen molar-refractivity contribution in [3.8, 4) is 5.75 Å². The Morgan fingerprint density at radius 1 is 0.938 bits per heavy atom. The molecular weight excluding hydrogens is 634 g/mol. The first-order valence-corrected chi connectivity index (χ1v) is 15.6. The van der Waals surface area contributed by atoms with Gasteiger partial charge in [-0.05, 0) is 54.8 Å². The lowest BCUT2D eigenvalue weighted by molar-refractivity contribution is -0.165. The van der Waals surface area contributed by atoms with Gasteiger partial charge in [0.1, 0.15) is 17.4 Å². The number of likely N-dealkylation sites (tertiary alicyclic amines) is 1. The minimum Gasteiger partial charge on any atom is -0.497 e. The molecule has 2 saturated heterocycles. The average molecular weight is 670 g/mol. The van der Waals surface area contributed by atoms with Crippen molar-refractivity contribution in [3.05, 3.63) is 78.2 Å². The molecule has 3 aliphatic rings. The Morgan fingerprint density at radius 2 is 1.69 bits per heavy atom. The highest BCUT2D eigenvalue weighted by molar-refractivity contribution is 5.97. The number of hydrogen-bond acceptors (Lipinski definition) is 8. The average Bonchev–Trinajstić information content (AvgIpc) is 3.57. The fourth-order valence-electron chi connectivity index (χ4n) is 6.05. The second-order valence-corrected chi connectivity index (χ2v) is 11.8. The Bertz CT molecular complexity index is 1630. The molecule has 4 heterocycles. The first-order chi connectivity index (χ1) is 23.1. The summed E-state index contributed by atoms with van der Waals surface area (Å²) in [4.78, 5) is 39.1. The number of methoxy groups -OCH3 is 1. The Hall–Kier alpha value is -5.08. The van der Waals surface area contributed by atoms with Crippen LogP contribution in [0.2, 0.25) is 0 Å². The lowest BCUT2D eigenvalue weighted by Gasteiger charge is -2.35. The third-order valence-electron chi connectivity index (χ3n) is 8.66. The number of para-hydroxylation sites is 1. The minimum absolute atomic E-state index is 0.0525. The minimum atomic E-state index is -4.80. The smallest absolute Gasteiger partial charge is 0.415 e. The Labute approximate surface area is 274 Å². The number of halogens is 4. The molecule has 3 aliphatic heterocycles. The number of carbonyl (C=O) groups is 2. The zero-order chi connectivity index (χ0) is 33.8. The predicted molar refractivity (Wildman–Crippen MR) is 171 cm³/mol. The second-order valence-electron chi connectivity index (χ2n) is 11.8. The van der Waals surface area contributed by atoms with E-state index in [0.717, 1.165) is 18.4 Å². The summed E-state index contributed by atoms with van der Waals surface area (Å²) in [6.07, 6.45) is -3.77. The van der Waals surface area contributed by atoms with Gasteiger partial charge in [-0.25, -0.2) is 19.2 Å². The number of aliphatic imine (C=N–C) groups is 1. The van der Waals surface area contributed by atoms with E-state index in [-0.39, 0.29) is 23.3 Å². The van der Waals surface area contributed by atoms with Crippen molar-refractivity contribution < 1.29 is 36.6 Å². The molecule has 0 radical (unpaired) electrons. The van der Waals surface area contributed by atoms with Crippen LogP contribution in [-0.2, 0) is 9.53 Å². The quantitative estimate of drug-likeness (QED) is 0.352. The van der Waals surface area contributed by atoms with Crippen molar-refractivity contribution in [1.29, 1.82) is 0 Å². The van der Waals surface area contributed by atoms with Crippen molar-refractivity contribution in [1.82, 2.24) is 14.8 Å². The van der Waals surface area contributed by atoms with E-state index in [4.69, 9.17) is 9.47 Å². The molecule has 3 atom stereocenters. The van der Waals surface area contributed by atoms with Crippen LogP contribution >= 0.6 is 0 Å². The molecule has 2 aromatic carbocycles. The first-order valence-electron chi connectivity index (χ1n) is 15.6. The molecule has 15 heteroatoms. The number of amidine groups is 1. The van der Waals surface area contributed by atoms with Crippen LogP contribution in [0.5, 0.6) is 5.75 Å². The normalized spacial score (nSPS) is 21.3. The number of hydrogen-bond donors (Lipinski definition) is 2. The van der Waals surface area contributed by atoms with Crippen LogP contribution in [0.25, 0.3) is 0 Å². The predicted octanol–water partition coefficient (Wildman–Crippen LogP) is 5.09. The van der Waals surface area contributed by atoms with E-state index < -0.39 is 36.1 Å². The van der Waals surface area contributed by atoms with Crippen LogP contribution in [0.4, 0.5) is 39.5 Å². The van der Waals surface area contributed by atoms with Crippen molar-refractivity contribution in [3.63, 3.8) is 0 Å². The molecule has 6 rings (SSSR count). The number of ether oxygens (including phenoxy) is 2. The summed E-state index contributed by atoms with van der Waals surface area (Å²) in [6.45, 7) is 2.47. The number of nitrogens with one attached hydrogen (secondary N) is 2. The molecule has 254 valence electrons. The van der Waals surface area contributed by atoms with Gasteiger partial charge in [-0.1, -0.05) is 24.3 Å². The summed E-state index contributed by atoms with van der Waals surface area (Å²) in [7, 11) is 1.58. The number of amides is 3. The molecule has 3 unspecified atom stereocenters. The van der Waals surface area contributed by atoms with E-state index >= 15 is 0 Å². The summed E-state index contributed by atoms with van der Waals surface area (Å²) in [6, 6.07) is 13.7. The number of alkyl halides is 3. The van der Waals surface area contributed by atoms with Crippen LogP contribution in [-0.4, -0.2) is 97.4 Å². The van der Waals surface area contributed by atoms with E-state index in [1.165, 1.54) is 24.4 Å². The molecule has 0 spiro atoms. The van der Waals surface area contributed by atoms with E-state index in [9.17, 15) is 27.2 Å². The highest BCUT2D eigenvalue weighted by Gasteiger charge is 2.54. The fraction of sp³-hybridized carbons (Fsp3) is 0.394. The Balaban J connectivity index is 1.04. The number of aromatic nitrogens is 1. The van der Waals surface area contributed by atoms with E-state index in [0.29, 0.717) is 50.8 Å². The van der Waals surface area contributed by atoms with Crippen LogP contribution in [0.3, 0.4) is 0 Å². The SMILES string of the molecule is COc1ccc(C2CCCN(C3=NC(C(F)(F)F)C(C(=O)Nc4ccc(N5CCN(C(=O)Nc6ccccc6F)CC5)nc4)O3)C2)cc1. The van der Waals surface area contributed by atoms with Crippen molar-refractivity contribution >= 4 is 35.2 Å². The van der Waals surface area contributed by atoms with Crippen molar-refractivity contribution in [2.75, 3.05) is 61.9 Å².